The lowest BCUT2D eigenvalue weighted by atomic mass is 9.92. The molecule has 2 unspecified atom stereocenters. The van der Waals surface area contributed by atoms with Crippen LogP contribution in [0.5, 0.6) is 0 Å². The van der Waals surface area contributed by atoms with Gasteiger partial charge in [-0.3, -0.25) is 4.68 Å². The van der Waals surface area contributed by atoms with Gasteiger partial charge in [0.1, 0.15) is 42.0 Å². The molecule has 1 aliphatic heterocycles. The van der Waals surface area contributed by atoms with Crippen LogP contribution in [0.3, 0.4) is 0 Å². The lowest BCUT2D eigenvalue weighted by Gasteiger charge is -2.41. The van der Waals surface area contributed by atoms with E-state index in [9.17, 15) is 28.5 Å². The van der Waals surface area contributed by atoms with Crippen LogP contribution in [-0.2, 0) is 4.74 Å². The Balaban J connectivity index is 1.41. The van der Waals surface area contributed by atoms with Crippen molar-refractivity contribution in [3.05, 3.63) is 76.6 Å². The first-order valence-electron chi connectivity index (χ1n) is 12.4. The molecule has 6 rings (SSSR count). The maximum atomic E-state index is 15.6. The molecule has 5 atom stereocenters. The summed E-state index contributed by atoms with van der Waals surface area (Å²) in [5.74, 6) is -4.78. The number of thiazole rings is 1. The van der Waals surface area contributed by atoms with Crippen LogP contribution in [0.2, 0.25) is 0 Å². The van der Waals surface area contributed by atoms with Gasteiger partial charge in [-0.25, -0.2) is 32.2 Å². The Labute approximate surface area is 233 Å². The van der Waals surface area contributed by atoms with Crippen LogP contribution in [0, 0.1) is 37.1 Å². The number of aryl methyl sites for hydroxylation is 2. The van der Waals surface area contributed by atoms with Gasteiger partial charge in [-0.05, 0) is 43.7 Å². The zero-order chi connectivity index (χ0) is 29.2. The van der Waals surface area contributed by atoms with Gasteiger partial charge >= 0.3 is 0 Å². The Morgan fingerprint density at radius 1 is 0.976 bits per heavy atom. The van der Waals surface area contributed by atoms with E-state index in [-0.39, 0.29) is 28.5 Å². The molecule has 5 aromatic rings. The molecule has 0 bridgehead atoms. The van der Waals surface area contributed by atoms with Crippen molar-refractivity contribution in [2.24, 2.45) is 0 Å². The van der Waals surface area contributed by atoms with Gasteiger partial charge in [0.2, 0.25) is 0 Å². The Hall–Kier alpha value is -3.76. The van der Waals surface area contributed by atoms with Crippen LogP contribution in [0.15, 0.2) is 36.7 Å². The largest absolute Gasteiger partial charge is 0.394 e. The third kappa shape index (κ3) is 4.59. The van der Waals surface area contributed by atoms with Crippen LogP contribution < -0.4 is 0 Å². The molecule has 0 saturated carbocycles. The summed E-state index contributed by atoms with van der Waals surface area (Å²) < 4.78 is 65.2. The minimum atomic E-state index is -1.62. The quantitative estimate of drug-likeness (QED) is 0.210. The van der Waals surface area contributed by atoms with Crippen molar-refractivity contribution in [3.8, 4) is 16.8 Å². The summed E-state index contributed by atoms with van der Waals surface area (Å²) in [5, 5.41) is 41.6. The maximum Gasteiger partial charge on any atom is 0.194 e. The van der Waals surface area contributed by atoms with Gasteiger partial charge in [0.25, 0.3) is 0 Å². The highest BCUT2D eigenvalue weighted by atomic mass is 32.1. The first-order chi connectivity index (χ1) is 19.6. The molecule has 2 aromatic carbocycles. The molecular formula is C26H22F4N6O4S. The highest BCUT2D eigenvalue weighted by Gasteiger charge is 2.48. The molecule has 3 aromatic heterocycles. The van der Waals surface area contributed by atoms with E-state index in [4.69, 9.17) is 4.74 Å². The lowest BCUT2D eigenvalue weighted by Crippen LogP contribution is -2.53. The van der Waals surface area contributed by atoms with E-state index in [1.54, 1.807) is 19.9 Å². The molecule has 3 N–H and O–H groups in total. The van der Waals surface area contributed by atoms with Crippen LogP contribution in [0.25, 0.3) is 27.0 Å². The Bertz CT molecular complexity index is 1750. The Morgan fingerprint density at radius 3 is 2.41 bits per heavy atom. The molecule has 4 heterocycles. The van der Waals surface area contributed by atoms with E-state index in [1.807, 2.05) is 0 Å². The molecule has 1 fully saturated rings. The second-order valence-electron chi connectivity index (χ2n) is 9.62. The van der Waals surface area contributed by atoms with E-state index in [1.165, 1.54) is 34.5 Å². The third-order valence-corrected chi connectivity index (χ3v) is 7.90. The normalized spacial score (nSPS) is 23.0. The first kappa shape index (κ1) is 27.4. The topological polar surface area (TPSA) is 131 Å². The lowest BCUT2D eigenvalue weighted by molar-refractivity contribution is -0.210. The number of halogens is 4. The summed E-state index contributed by atoms with van der Waals surface area (Å²) in [6.45, 7) is 2.67. The average molecular weight is 591 g/mol. The second kappa shape index (κ2) is 10.3. The summed E-state index contributed by atoms with van der Waals surface area (Å²) in [5.41, 5.74) is 0.635. The predicted molar refractivity (Wildman–Crippen MR) is 137 cm³/mol. The summed E-state index contributed by atoms with van der Waals surface area (Å²) in [4.78, 5) is 8.66. The van der Waals surface area contributed by atoms with Crippen molar-refractivity contribution < 1.29 is 37.6 Å². The van der Waals surface area contributed by atoms with E-state index in [0.29, 0.717) is 15.2 Å². The Kier molecular flexibility index (Phi) is 6.86. The highest BCUT2D eigenvalue weighted by molar-refractivity contribution is 7.18. The molecule has 1 saturated heterocycles. The van der Waals surface area contributed by atoms with Gasteiger partial charge in [-0.1, -0.05) is 0 Å². The standard InChI is InChI=1S/C26H22F4N6O4S/c1-10-32-26(36(34-10)17-4-3-16-25(20(17)30)41-11(2)33-16)24-23(39)21(22(38)18(9-37)40-24)35-8-13(7-31-35)12-5-14(27)19(29)15(28)6-12/h3-8,18,21-24,37-39H,9H2,1-2H3/t18?,21-,22-,23?,24+/m0/s1. The van der Waals surface area contributed by atoms with Gasteiger partial charge in [0, 0.05) is 11.8 Å². The summed E-state index contributed by atoms with van der Waals surface area (Å²) in [6.07, 6.45) is -3.10. The minimum Gasteiger partial charge on any atom is -0.394 e. The van der Waals surface area contributed by atoms with Gasteiger partial charge < -0.3 is 20.1 Å². The number of hydrogen-bond donors (Lipinski definition) is 3. The fraction of sp³-hybridized carbons (Fsp3) is 0.308. The average Bonchev–Trinajstić information content (AvgIpc) is 3.66. The minimum absolute atomic E-state index is 0.0000986. The van der Waals surface area contributed by atoms with Crippen LogP contribution in [0.4, 0.5) is 17.6 Å². The van der Waals surface area contributed by atoms with E-state index in [0.717, 1.165) is 16.8 Å². The van der Waals surface area contributed by atoms with E-state index in [2.05, 4.69) is 20.2 Å². The third-order valence-electron chi connectivity index (χ3n) is 6.92. The molecule has 1 aliphatic rings. The van der Waals surface area contributed by atoms with Crippen LogP contribution in [0.1, 0.15) is 28.8 Å². The van der Waals surface area contributed by atoms with E-state index < -0.39 is 60.3 Å². The monoisotopic (exact) mass is 590 g/mol. The highest BCUT2D eigenvalue weighted by Crippen LogP contribution is 2.39. The van der Waals surface area contributed by atoms with Crippen molar-refractivity contribution in [2.45, 2.75) is 44.3 Å². The first-order valence-corrected chi connectivity index (χ1v) is 13.2. The Morgan fingerprint density at radius 2 is 1.71 bits per heavy atom. The van der Waals surface area contributed by atoms with E-state index >= 15 is 4.39 Å². The maximum absolute atomic E-state index is 15.6. The van der Waals surface area contributed by atoms with Gasteiger partial charge in [-0.2, -0.15) is 10.2 Å². The number of rotatable bonds is 5. The molecule has 10 nitrogen and oxygen atoms in total. The molecule has 0 spiro atoms. The van der Waals surface area contributed by atoms with Crippen LogP contribution in [-0.4, -0.2) is 69.8 Å². The SMILES string of the molecule is Cc1nc([C@@H]2OC(CO)[C@H](O)[C@H](n3cc(-c4cc(F)c(F)c(F)c4)cn3)C2O)n(-c2ccc3nc(C)sc3c2F)n1. The number of ether oxygens (including phenoxy) is 1. The second-order valence-corrected chi connectivity index (χ2v) is 10.8. The van der Waals surface area contributed by atoms with Crippen molar-refractivity contribution in [2.75, 3.05) is 6.61 Å². The summed E-state index contributed by atoms with van der Waals surface area (Å²) in [6, 6.07) is 3.43. The zero-order valence-corrected chi connectivity index (χ0v) is 22.2. The molecule has 0 amide bonds. The molecule has 0 radical (unpaired) electrons. The van der Waals surface area contributed by atoms with Gasteiger partial charge in [-0.15, -0.1) is 11.3 Å². The van der Waals surface area contributed by atoms with Crippen LogP contribution >= 0.6 is 11.3 Å². The molecule has 0 aliphatic carbocycles. The molecular weight excluding hydrogens is 568 g/mol. The number of aliphatic hydroxyl groups is 3. The van der Waals surface area contributed by atoms with Gasteiger partial charge in [0.05, 0.1) is 28.0 Å². The number of nitrogens with zero attached hydrogens (tertiary/aromatic N) is 6. The summed E-state index contributed by atoms with van der Waals surface area (Å²) >= 11 is 1.17. The fourth-order valence-electron chi connectivity index (χ4n) is 5.02. The number of fused-ring (bicyclic) bond motifs is 1. The summed E-state index contributed by atoms with van der Waals surface area (Å²) in [7, 11) is 0. The number of hydrogen-bond acceptors (Lipinski definition) is 9. The number of aromatic nitrogens is 6. The molecule has 41 heavy (non-hydrogen) atoms. The van der Waals surface area contributed by atoms with Crippen molar-refractivity contribution >= 4 is 21.6 Å². The van der Waals surface area contributed by atoms with Gasteiger partial charge in [0.15, 0.2) is 29.1 Å². The predicted octanol–water partition coefficient (Wildman–Crippen LogP) is 3.31. The molecule has 214 valence electrons. The number of benzene rings is 2. The smallest absolute Gasteiger partial charge is 0.194 e. The fourth-order valence-corrected chi connectivity index (χ4v) is 5.87. The van der Waals surface area contributed by atoms with Crippen molar-refractivity contribution in [3.63, 3.8) is 0 Å². The molecule has 15 heteroatoms. The number of aliphatic hydroxyl groups excluding tert-OH is 3. The zero-order valence-electron chi connectivity index (χ0n) is 21.4. The van der Waals surface area contributed by atoms with Crippen molar-refractivity contribution in [1.29, 1.82) is 0 Å². The van der Waals surface area contributed by atoms with Crippen molar-refractivity contribution in [1.82, 2.24) is 29.5 Å².